The van der Waals surface area contributed by atoms with Gasteiger partial charge in [-0.05, 0) is 0 Å². The highest BCUT2D eigenvalue weighted by Crippen LogP contribution is 1.95. The van der Waals surface area contributed by atoms with Crippen molar-refractivity contribution in [3.05, 3.63) is 12.7 Å². The average Bonchev–Trinajstić information content (AvgIpc) is 1.88. The molecule has 3 nitrogen and oxygen atoms in total. The third-order valence-corrected chi connectivity index (χ3v) is 2.76. The van der Waals surface area contributed by atoms with E-state index in [-0.39, 0.29) is 0 Å². The van der Waals surface area contributed by atoms with Gasteiger partial charge in [-0.25, -0.2) is 15.0 Å². The molecule has 0 saturated carbocycles. The van der Waals surface area contributed by atoms with Gasteiger partial charge in [0.15, 0.2) is 0 Å². The van der Waals surface area contributed by atoms with Crippen molar-refractivity contribution in [3.63, 3.8) is 0 Å². The minimum Gasteiger partial charge on any atom is -0.227 e. The first-order chi connectivity index (χ1) is 4.61. The summed E-state index contributed by atoms with van der Waals surface area (Å²) >= 11 is 0. The van der Waals surface area contributed by atoms with Gasteiger partial charge in [-0.2, -0.15) is 0 Å². The Balaban J connectivity index is 2.97. The van der Waals surface area contributed by atoms with Crippen molar-refractivity contribution in [3.8, 4) is 0 Å². The summed E-state index contributed by atoms with van der Waals surface area (Å²) in [6, 6.07) is 0. The highest BCUT2D eigenvalue weighted by Gasteiger charge is 2.18. The Kier molecular flexibility index (Phi) is 1.80. The monoisotopic (exact) mass is 153 g/mol. The molecule has 1 heterocycles. The third kappa shape index (κ3) is 1.60. The van der Waals surface area contributed by atoms with Crippen LogP contribution in [-0.2, 0) is 0 Å². The zero-order valence-corrected chi connectivity index (χ0v) is 7.50. The van der Waals surface area contributed by atoms with E-state index in [1.807, 2.05) is 0 Å². The minimum absolute atomic E-state index is 0.975. The zero-order valence-electron chi connectivity index (χ0n) is 6.50. The second-order valence-electron chi connectivity index (χ2n) is 3.21. The molecule has 4 heteroatoms. The topological polar surface area (TPSA) is 38.7 Å². The molecular weight excluding hydrogens is 142 g/mol. The molecule has 1 aromatic heterocycles. The molecule has 0 amide bonds. The van der Waals surface area contributed by atoms with Crippen molar-refractivity contribution in [1.29, 1.82) is 0 Å². The van der Waals surface area contributed by atoms with Crippen molar-refractivity contribution >= 4 is 13.5 Å². The first kappa shape index (κ1) is 7.34. The highest BCUT2D eigenvalue weighted by molar-refractivity contribution is 6.87. The van der Waals surface area contributed by atoms with E-state index in [0.717, 1.165) is 5.45 Å². The first-order valence-corrected chi connectivity index (χ1v) is 6.73. The van der Waals surface area contributed by atoms with E-state index in [1.54, 1.807) is 12.7 Å². The van der Waals surface area contributed by atoms with Crippen LogP contribution in [0.3, 0.4) is 0 Å². The number of rotatable bonds is 1. The third-order valence-electron chi connectivity index (χ3n) is 1.16. The van der Waals surface area contributed by atoms with Crippen LogP contribution >= 0.6 is 0 Å². The Morgan fingerprint density at radius 3 is 1.90 bits per heavy atom. The second kappa shape index (κ2) is 2.46. The lowest BCUT2D eigenvalue weighted by Gasteiger charge is -2.11. The minimum atomic E-state index is -1.30. The molecule has 1 rings (SSSR count). The lowest BCUT2D eigenvalue weighted by molar-refractivity contribution is 1.08. The molecular formula is C6H11N3Si. The van der Waals surface area contributed by atoms with Gasteiger partial charge in [0.2, 0.25) is 0 Å². The van der Waals surface area contributed by atoms with Crippen LogP contribution in [0.4, 0.5) is 0 Å². The van der Waals surface area contributed by atoms with Crippen molar-refractivity contribution < 1.29 is 0 Å². The van der Waals surface area contributed by atoms with Gasteiger partial charge in [-0.1, -0.05) is 19.6 Å². The number of hydrogen-bond acceptors (Lipinski definition) is 3. The van der Waals surface area contributed by atoms with Gasteiger partial charge in [0, 0.05) is 0 Å². The predicted molar refractivity (Wildman–Crippen MR) is 42.8 cm³/mol. The van der Waals surface area contributed by atoms with Gasteiger partial charge in [-0.3, -0.25) is 0 Å². The molecule has 0 N–H and O–H groups in total. The molecule has 10 heavy (non-hydrogen) atoms. The molecule has 1 aromatic rings. The number of aromatic nitrogens is 3. The number of nitrogens with zero attached hydrogens (tertiary/aromatic N) is 3. The molecule has 0 aliphatic rings. The summed E-state index contributed by atoms with van der Waals surface area (Å²) in [6.07, 6.45) is 3.11. The first-order valence-electron chi connectivity index (χ1n) is 3.23. The smallest absolute Gasteiger partial charge is 0.125 e. The molecule has 0 atom stereocenters. The van der Waals surface area contributed by atoms with Crippen molar-refractivity contribution in [1.82, 2.24) is 15.0 Å². The van der Waals surface area contributed by atoms with Gasteiger partial charge in [0.05, 0.1) is 0 Å². The van der Waals surface area contributed by atoms with E-state index < -0.39 is 8.07 Å². The number of hydrogen-bond donors (Lipinski definition) is 0. The van der Waals surface area contributed by atoms with Crippen LogP contribution in [-0.4, -0.2) is 23.0 Å². The molecule has 54 valence electrons. The van der Waals surface area contributed by atoms with E-state index in [2.05, 4.69) is 34.6 Å². The summed E-state index contributed by atoms with van der Waals surface area (Å²) in [6.45, 7) is 6.63. The van der Waals surface area contributed by atoms with Gasteiger partial charge >= 0.3 is 0 Å². The largest absolute Gasteiger partial charge is 0.227 e. The van der Waals surface area contributed by atoms with Crippen LogP contribution in [0.1, 0.15) is 0 Å². The summed E-state index contributed by atoms with van der Waals surface area (Å²) in [7, 11) is -1.30. The summed E-state index contributed by atoms with van der Waals surface area (Å²) in [4.78, 5) is 11.9. The Bertz CT molecular complexity index is 204. The molecule has 0 aliphatic carbocycles. The van der Waals surface area contributed by atoms with Crippen LogP contribution in [0, 0.1) is 0 Å². The normalized spacial score (nSPS) is 11.5. The summed E-state index contributed by atoms with van der Waals surface area (Å²) in [5, 5.41) is 0. The fourth-order valence-electron chi connectivity index (χ4n) is 0.626. The van der Waals surface area contributed by atoms with E-state index in [4.69, 9.17) is 0 Å². The van der Waals surface area contributed by atoms with Gasteiger partial charge in [-0.15, -0.1) is 0 Å². The molecule has 0 saturated heterocycles. The summed E-state index contributed by atoms with van der Waals surface area (Å²) < 4.78 is 0. The molecule has 0 radical (unpaired) electrons. The predicted octanol–water partition coefficient (Wildman–Crippen LogP) is 0.417. The van der Waals surface area contributed by atoms with Crippen molar-refractivity contribution in [2.24, 2.45) is 0 Å². The lowest BCUT2D eigenvalue weighted by Crippen LogP contribution is -2.42. The standard InChI is InChI=1S/C6H11N3Si/c1-10(2,3)6-8-4-7-5-9-6/h4-5H,1-3H3. The zero-order chi connectivity index (χ0) is 7.61. The van der Waals surface area contributed by atoms with Gasteiger partial charge < -0.3 is 0 Å². The maximum atomic E-state index is 4.09. The van der Waals surface area contributed by atoms with Crippen molar-refractivity contribution in [2.45, 2.75) is 19.6 Å². The van der Waals surface area contributed by atoms with Crippen LogP contribution in [0.15, 0.2) is 12.7 Å². The second-order valence-corrected chi connectivity index (χ2v) is 8.16. The fourth-order valence-corrected chi connectivity index (χ4v) is 1.52. The Morgan fingerprint density at radius 1 is 1.10 bits per heavy atom. The van der Waals surface area contributed by atoms with Gasteiger partial charge in [0.1, 0.15) is 26.2 Å². The Morgan fingerprint density at radius 2 is 1.60 bits per heavy atom. The van der Waals surface area contributed by atoms with Crippen molar-refractivity contribution in [2.75, 3.05) is 0 Å². The molecule has 0 unspecified atom stereocenters. The Labute approximate surface area is 61.6 Å². The maximum absolute atomic E-state index is 4.09. The quantitative estimate of drug-likeness (QED) is 0.549. The van der Waals surface area contributed by atoms with Crippen LogP contribution in [0.2, 0.25) is 19.6 Å². The summed E-state index contributed by atoms with van der Waals surface area (Å²) in [5.74, 6) is 0. The van der Waals surface area contributed by atoms with E-state index in [9.17, 15) is 0 Å². The molecule has 0 fully saturated rings. The van der Waals surface area contributed by atoms with E-state index in [1.165, 1.54) is 0 Å². The SMILES string of the molecule is C[Si](C)(C)c1ncncn1. The Hall–Kier alpha value is -0.773. The molecule has 0 aromatic carbocycles. The summed E-state index contributed by atoms with van der Waals surface area (Å²) in [5.41, 5.74) is 0.975. The van der Waals surface area contributed by atoms with E-state index >= 15 is 0 Å². The highest BCUT2D eigenvalue weighted by atomic mass is 28.3. The molecule has 0 aliphatic heterocycles. The van der Waals surface area contributed by atoms with Crippen LogP contribution in [0.5, 0.6) is 0 Å². The molecule has 0 bridgehead atoms. The van der Waals surface area contributed by atoms with Gasteiger partial charge in [0.25, 0.3) is 0 Å². The maximum Gasteiger partial charge on any atom is 0.125 e. The molecule has 0 spiro atoms. The lowest BCUT2D eigenvalue weighted by atomic mass is 11.1. The van der Waals surface area contributed by atoms with Crippen LogP contribution in [0.25, 0.3) is 0 Å². The fraction of sp³-hybridized carbons (Fsp3) is 0.500. The average molecular weight is 153 g/mol. The van der Waals surface area contributed by atoms with E-state index in [0.29, 0.717) is 0 Å². The van der Waals surface area contributed by atoms with Crippen LogP contribution < -0.4 is 5.45 Å².